The molecule has 1 unspecified atom stereocenters. The van der Waals surface area contributed by atoms with Crippen molar-refractivity contribution in [2.75, 3.05) is 4.90 Å². The van der Waals surface area contributed by atoms with E-state index in [1.807, 2.05) is 13.8 Å². The number of ketones is 1. The smallest absolute Gasteiger partial charge is 0.301 e. The molecule has 2 aromatic carbocycles. The number of carbonyl (C=O) groups is 2. The van der Waals surface area contributed by atoms with Gasteiger partial charge in [-0.1, -0.05) is 12.1 Å². The normalized spacial score (nSPS) is 17.5. The lowest BCUT2D eigenvalue weighted by molar-refractivity contribution is -0.384. The van der Waals surface area contributed by atoms with E-state index in [9.17, 15) is 24.8 Å². The van der Waals surface area contributed by atoms with Crippen molar-refractivity contribution >= 4 is 39.6 Å². The zero-order valence-electron chi connectivity index (χ0n) is 17.7. The molecule has 1 aromatic heterocycles. The van der Waals surface area contributed by atoms with Crippen molar-refractivity contribution in [1.82, 2.24) is 4.98 Å². The van der Waals surface area contributed by atoms with E-state index in [0.29, 0.717) is 16.9 Å². The second-order valence-corrected chi connectivity index (χ2v) is 8.40. The quantitative estimate of drug-likeness (QED) is 0.187. The summed E-state index contributed by atoms with van der Waals surface area (Å²) in [5.41, 5.74) is 0.235. The standard InChI is InChI=1S/C23H19N3O6S/c1-13(2)32-17-8-6-14(7-9-17)20(27)18-19(15-4-3-5-16(12-15)26(30)31)25(22(29)21(18)28)23-24-10-11-33-23/h3-13,19,27H,1-2H3/b20-18-. The lowest BCUT2D eigenvalue weighted by atomic mass is 9.95. The molecular formula is C23H19N3O6S. The third-order valence-electron chi connectivity index (χ3n) is 4.97. The maximum absolute atomic E-state index is 13.0. The van der Waals surface area contributed by atoms with Crippen molar-refractivity contribution < 1.29 is 24.4 Å². The van der Waals surface area contributed by atoms with Crippen LogP contribution in [-0.2, 0) is 9.59 Å². The maximum Gasteiger partial charge on any atom is 0.301 e. The molecule has 4 rings (SSSR count). The van der Waals surface area contributed by atoms with E-state index >= 15 is 0 Å². The molecule has 168 valence electrons. The molecule has 1 aliphatic heterocycles. The number of thiazole rings is 1. The van der Waals surface area contributed by atoms with Crippen LogP contribution in [-0.4, -0.2) is 32.8 Å². The highest BCUT2D eigenvalue weighted by Gasteiger charge is 2.48. The highest BCUT2D eigenvalue weighted by molar-refractivity contribution is 7.14. The first-order valence-electron chi connectivity index (χ1n) is 10.00. The summed E-state index contributed by atoms with van der Waals surface area (Å²) in [5, 5.41) is 24.3. The van der Waals surface area contributed by atoms with Crippen molar-refractivity contribution in [3.05, 3.63) is 86.9 Å². The van der Waals surface area contributed by atoms with Crippen LogP contribution in [0.3, 0.4) is 0 Å². The fourth-order valence-electron chi connectivity index (χ4n) is 3.61. The first-order valence-corrected chi connectivity index (χ1v) is 10.9. The maximum atomic E-state index is 13.0. The van der Waals surface area contributed by atoms with E-state index in [1.165, 1.54) is 24.4 Å². The third kappa shape index (κ3) is 4.20. The van der Waals surface area contributed by atoms with Crippen LogP contribution < -0.4 is 9.64 Å². The predicted molar refractivity (Wildman–Crippen MR) is 122 cm³/mol. The monoisotopic (exact) mass is 465 g/mol. The number of rotatable bonds is 6. The van der Waals surface area contributed by atoms with E-state index < -0.39 is 22.7 Å². The van der Waals surface area contributed by atoms with Crippen LogP contribution in [0.2, 0.25) is 0 Å². The molecule has 9 nitrogen and oxygen atoms in total. The Morgan fingerprint density at radius 1 is 1.21 bits per heavy atom. The topological polar surface area (TPSA) is 123 Å². The van der Waals surface area contributed by atoms with Crippen molar-refractivity contribution in [2.24, 2.45) is 0 Å². The Labute approximate surface area is 192 Å². The molecule has 33 heavy (non-hydrogen) atoms. The lowest BCUT2D eigenvalue weighted by Crippen LogP contribution is -2.29. The van der Waals surface area contributed by atoms with Gasteiger partial charge in [-0.2, -0.15) is 0 Å². The van der Waals surface area contributed by atoms with E-state index in [1.54, 1.807) is 35.7 Å². The number of amides is 1. The van der Waals surface area contributed by atoms with Crippen LogP contribution in [0.25, 0.3) is 5.76 Å². The minimum absolute atomic E-state index is 0.0399. The molecule has 1 fully saturated rings. The summed E-state index contributed by atoms with van der Waals surface area (Å²) in [6, 6.07) is 11.0. The minimum Gasteiger partial charge on any atom is -0.507 e. The summed E-state index contributed by atoms with van der Waals surface area (Å²) in [6.07, 6.45) is 1.44. The van der Waals surface area contributed by atoms with Gasteiger partial charge >= 0.3 is 5.91 Å². The summed E-state index contributed by atoms with van der Waals surface area (Å²) in [6.45, 7) is 3.76. The summed E-state index contributed by atoms with van der Waals surface area (Å²) in [5.74, 6) is -1.58. The van der Waals surface area contributed by atoms with Gasteiger partial charge in [0, 0.05) is 29.3 Å². The first-order chi connectivity index (χ1) is 15.8. The average Bonchev–Trinajstić information content (AvgIpc) is 3.40. The number of ether oxygens (including phenoxy) is 1. The van der Waals surface area contributed by atoms with Crippen LogP contribution in [0, 0.1) is 10.1 Å². The van der Waals surface area contributed by atoms with Crippen LogP contribution in [0.15, 0.2) is 65.7 Å². The second-order valence-electron chi connectivity index (χ2n) is 7.53. The number of aliphatic hydroxyl groups excluding tert-OH is 1. The van der Waals surface area contributed by atoms with Crippen LogP contribution in [0.4, 0.5) is 10.8 Å². The molecule has 0 bridgehead atoms. The fourth-order valence-corrected chi connectivity index (χ4v) is 4.27. The number of aliphatic hydroxyl groups is 1. The van der Waals surface area contributed by atoms with Crippen LogP contribution in [0.1, 0.15) is 31.0 Å². The molecule has 0 spiro atoms. The van der Waals surface area contributed by atoms with Gasteiger partial charge < -0.3 is 9.84 Å². The summed E-state index contributed by atoms with van der Waals surface area (Å²) in [7, 11) is 0. The van der Waals surface area contributed by atoms with Gasteiger partial charge in [-0.15, -0.1) is 11.3 Å². The predicted octanol–water partition coefficient (Wildman–Crippen LogP) is 4.46. The number of aromatic nitrogens is 1. The number of non-ortho nitro benzene ring substituents is 1. The largest absolute Gasteiger partial charge is 0.507 e. The van der Waals surface area contributed by atoms with Crippen molar-refractivity contribution in [3.8, 4) is 5.75 Å². The second kappa shape index (κ2) is 8.83. The number of hydrogen-bond donors (Lipinski definition) is 1. The van der Waals surface area contributed by atoms with E-state index in [2.05, 4.69) is 4.98 Å². The summed E-state index contributed by atoms with van der Waals surface area (Å²) >= 11 is 1.14. The highest BCUT2D eigenvalue weighted by Crippen LogP contribution is 2.43. The van der Waals surface area contributed by atoms with E-state index in [-0.39, 0.29) is 28.3 Å². The first kappa shape index (κ1) is 22.2. The number of benzene rings is 2. The van der Waals surface area contributed by atoms with Gasteiger partial charge in [0.2, 0.25) is 0 Å². The number of hydrogen-bond acceptors (Lipinski definition) is 8. The van der Waals surface area contributed by atoms with Gasteiger partial charge in [-0.25, -0.2) is 4.98 Å². The van der Waals surface area contributed by atoms with E-state index in [4.69, 9.17) is 4.74 Å². The molecular weight excluding hydrogens is 446 g/mol. The minimum atomic E-state index is -1.08. The lowest BCUT2D eigenvalue weighted by Gasteiger charge is -2.22. The number of anilines is 1. The molecule has 0 saturated carbocycles. The Balaban J connectivity index is 1.87. The molecule has 1 N–H and O–H groups in total. The molecule has 1 saturated heterocycles. The Bertz CT molecular complexity index is 1250. The fraction of sp³-hybridized carbons (Fsp3) is 0.174. The molecule has 1 aliphatic rings. The Hall–Kier alpha value is -4.05. The van der Waals surface area contributed by atoms with Gasteiger partial charge in [-0.05, 0) is 43.7 Å². The molecule has 1 amide bonds. The van der Waals surface area contributed by atoms with Gasteiger partial charge in [-0.3, -0.25) is 24.6 Å². The Kier molecular flexibility index (Phi) is 5.93. The van der Waals surface area contributed by atoms with E-state index in [0.717, 1.165) is 16.2 Å². The SMILES string of the molecule is CC(C)Oc1ccc(/C(O)=C2/C(=O)C(=O)N(c3nccs3)C2c2cccc([N+](=O)[O-])c2)cc1. The van der Waals surface area contributed by atoms with Gasteiger partial charge in [0.1, 0.15) is 11.5 Å². The van der Waals surface area contributed by atoms with Gasteiger partial charge in [0.25, 0.3) is 11.5 Å². The molecule has 2 heterocycles. The van der Waals surface area contributed by atoms with Crippen LogP contribution in [0.5, 0.6) is 5.75 Å². The molecule has 0 radical (unpaired) electrons. The molecule has 10 heteroatoms. The third-order valence-corrected chi connectivity index (χ3v) is 5.74. The van der Waals surface area contributed by atoms with Crippen LogP contribution >= 0.6 is 11.3 Å². The Morgan fingerprint density at radius 3 is 2.55 bits per heavy atom. The number of nitro groups is 1. The molecule has 3 aromatic rings. The summed E-state index contributed by atoms with van der Waals surface area (Å²) < 4.78 is 5.61. The zero-order valence-corrected chi connectivity index (χ0v) is 18.5. The van der Waals surface area contributed by atoms with Crippen molar-refractivity contribution in [3.63, 3.8) is 0 Å². The average molecular weight is 465 g/mol. The highest BCUT2D eigenvalue weighted by atomic mass is 32.1. The number of nitro benzene ring substituents is 1. The Morgan fingerprint density at radius 2 is 1.94 bits per heavy atom. The van der Waals surface area contributed by atoms with Gasteiger partial charge in [0.05, 0.1) is 22.6 Å². The number of nitrogens with zero attached hydrogens (tertiary/aromatic N) is 3. The molecule has 1 atom stereocenters. The zero-order chi connectivity index (χ0) is 23.7. The number of Topliss-reactive ketones (excluding diaryl/α,β-unsaturated/α-hetero) is 1. The molecule has 0 aliphatic carbocycles. The summed E-state index contributed by atoms with van der Waals surface area (Å²) in [4.78, 5) is 42.1. The van der Waals surface area contributed by atoms with Crippen molar-refractivity contribution in [1.29, 1.82) is 0 Å². The van der Waals surface area contributed by atoms with Gasteiger partial charge in [0.15, 0.2) is 5.13 Å². The number of carbonyl (C=O) groups excluding carboxylic acids is 2. The van der Waals surface area contributed by atoms with Crippen molar-refractivity contribution in [2.45, 2.75) is 26.0 Å².